The van der Waals surface area contributed by atoms with Crippen molar-refractivity contribution in [2.75, 3.05) is 26.9 Å². The van der Waals surface area contributed by atoms with Crippen LogP contribution < -0.4 is 10.4 Å². The summed E-state index contributed by atoms with van der Waals surface area (Å²) in [5.41, 5.74) is 0. The summed E-state index contributed by atoms with van der Waals surface area (Å²) in [5, 5.41) is 11.9. The van der Waals surface area contributed by atoms with Gasteiger partial charge in [-0.3, -0.25) is 0 Å². The molecule has 1 atom stereocenters. The first-order valence-electron chi connectivity index (χ1n) is 9.41. The van der Waals surface area contributed by atoms with Crippen molar-refractivity contribution in [2.45, 2.75) is 31.9 Å². The van der Waals surface area contributed by atoms with Crippen molar-refractivity contribution in [2.24, 2.45) is 0 Å². The average molecular weight is 403 g/mol. The number of benzene rings is 2. The van der Waals surface area contributed by atoms with Gasteiger partial charge in [0.1, 0.15) is 0 Å². The number of hydrogen-bond donors (Lipinski definition) is 1. The Labute approximate surface area is 168 Å². The molecule has 28 heavy (non-hydrogen) atoms. The Morgan fingerprint density at radius 2 is 1.46 bits per heavy atom. The van der Waals surface area contributed by atoms with Crippen molar-refractivity contribution in [1.29, 1.82) is 0 Å². The molecule has 1 unspecified atom stereocenters. The monoisotopic (exact) mass is 402 g/mol. The largest absolute Gasteiger partial charge is 0.467 e. The maximum Gasteiger partial charge on any atom is 0.337 e. The van der Waals surface area contributed by atoms with E-state index >= 15 is 0 Å². The lowest BCUT2D eigenvalue weighted by atomic mass is 10.2. The van der Waals surface area contributed by atoms with Gasteiger partial charge in [-0.25, -0.2) is 4.79 Å². The number of esters is 1. The summed E-state index contributed by atoms with van der Waals surface area (Å²) in [6.45, 7) is 7.15. The highest BCUT2D eigenvalue weighted by atomic mass is 28.4. The van der Waals surface area contributed by atoms with Gasteiger partial charge in [-0.05, 0) is 15.4 Å². The van der Waals surface area contributed by atoms with E-state index in [4.69, 9.17) is 9.16 Å². The van der Waals surface area contributed by atoms with Gasteiger partial charge in [0.05, 0.1) is 26.9 Å². The second-order valence-corrected chi connectivity index (χ2v) is 11.9. The number of methoxy groups -OCH3 is 1. The fourth-order valence-corrected chi connectivity index (χ4v) is 7.96. The minimum atomic E-state index is -2.59. The third-order valence-corrected chi connectivity index (χ3v) is 9.75. The number of aliphatic hydroxyl groups excluding tert-OH is 1. The highest BCUT2D eigenvalue weighted by Crippen LogP contribution is 2.36. The summed E-state index contributed by atoms with van der Waals surface area (Å²) in [6.07, 6.45) is -1.28. The Morgan fingerprint density at radius 1 is 0.964 bits per heavy atom. The molecule has 0 aliphatic carbocycles. The van der Waals surface area contributed by atoms with Crippen molar-refractivity contribution >= 4 is 24.7 Å². The fraction of sp³-hybridized carbons (Fsp3) is 0.409. The Balaban J connectivity index is 2.21. The van der Waals surface area contributed by atoms with Gasteiger partial charge < -0.3 is 19.0 Å². The zero-order valence-electron chi connectivity index (χ0n) is 17.1. The first-order valence-corrected chi connectivity index (χ1v) is 11.3. The second kappa shape index (κ2) is 9.98. The first kappa shape index (κ1) is 22.3. The minimum absolute atomic E-state index is 0.110. The van der Waals surface area contributed by atoms with Crippen LogP contribution >= 0.6 is 0 Å². The Kier molecular flexibility index (Phi) is 7.95. The highest BCUT2D eigenvalue weighted by molar-refractivity contribution is 6.99. The van der Waals surface area contributed by atoms with Crippen LogP contribution in [-0.4, -0.2) is 52.4 Å². The summed E-state index contributed by atoms with van der Waals surface area (Å²) in [7, 11) is -1.36. The van der Waals surface area contributed by atoms with E-state index in [-0.39, 0.29) is 18.3 Å². The van der Waals surface area contributed by atoms with Gasteiger partial charge >= 0.3 is 5.97 Å². The molecule has 0 saturated carbocycles. The molecule has 0 aliphatic heterocycles. The molecule has 5 nitrogen and oxygen atoms in total. The third kappa shape index (κ3) is 5.08. The quantitative estimate of drug-likeness (QED) is 0.395. The van der Waals surface area contributed by atoms with Crippen molar-refractivity contribution in [1.82, 2.24) is 0 Å². The van der Waals surface area contributed by atoms with Gasteiger partial charge in [0, 0.05) is 0 Å². The predicted octanol–water partition coefficient (Wildman–Crippen LogP) is 2.11. The molecule has 0 saturated heterocycles. The third-order valence-electron chi connectivity index (χ3n) is 4.71. The van der Waals surface area contributed by atoms with Crippen molar-refractivity contribution in [3.63, 3.8) is 0 Å². The van der Waals surface area contributed by atoms with Crippen molar-refractivity contribution in [3.8, 4) is 0 Å². The maximum atomic E-state index is 11.3. The van der Waals surface area contributed by atoms with Gasteiger partial charge in [-0.15, -0.1) is 0 Å². The van der Waals surface area contributed by atoms with Crippen LogP contribution in [0.25, 0.3) is 0 Å². The van der Waals surface area contributed by atoms with Crippen LogP contribution in [0.3, 0.4) is 0 Å². The van der Waals surface area contributed by atoms with Crippen LogP contribution in [0.2, 0.25) is 5.04 Å². The van der Waals surface area contributed by atoms with Crippen LogP contribution in [0.5, 0.6) is 0 Å². The lowest BCUT2D eigenvalue weighted by Crippen LogP contribution is -2.66. The molecule has 2 aromatic carbocycles. The zero-order chi connectivity index (χ0) is 20.6. The van der Waals surface area contributed by atoms with Crippen LogP contribution in [0.15, 0.2) is 60.7 Å². The Hall–Kier alpha value is -1.99. The van der Waals surface area contributed by atoms with E-state index in [1.165, 1.54) is 17.5 Å². The molecule has 1 N–H and O–H groups in total. The van der Waals surface area contributed by atoms with Gasteiger partial charge in [-0.1, -0.05) is 81.4 Å². The molecule has 6 heteroatoms. The number of carbonyl (C=O) groups is 1. The molecule has 0 heterocycles. The lowest BCUT2D eigenvalue weighted by molar-refractivity contribution is -0.153. The molecular weight excluding hydrogens is 372 g/mol. The molecule has 0 spiro atoms. The molecule has 0 aliphatic rings. The average Bonchev–Trinajstić information content (AvgIpc) is 2.70. The fourth-order valence-electron chi connectivity index (χ4n) is 3.41. The molecule has 2 aromatic rings. The lowest BCUT2D eigenvalue weighted by Gasteiger charge is -2.43. The summed E-state index contributed by atoms with van der Waals surface area (Å²) in [4.78, 5) is 11.3. The number of hydrogen-bond acceptors (Lipinski definition) is 5. The molecule has 0 bridgehead atoms. The van der Waals surface area contributed by atoms with Crippen LogP contribution in [0.1, 0.15) is 20.8 Å². The summed E-state index contributed by atoms with van der Waals surface area (Å²) in [5.74, 6) is -0.701. The van der Waals surface area contributed by atoms with Gasteiger partial charge in [0.2, 0.25) is 0 Å². The normalized spacial score (nSPS) is 13.2. The topological polar surface area (TPSA) is 65.0 Å². The highest BCUT2D eigenvalue weighted by Gasteiger charge is 2.49. The van der Waals surface area contributed by atoms with E-state index in [2.05, 4.69) is 49.8 Å². The molecule has 0 aromatic heterocycles. The van der Waals surface area contributed by atoms with E-state index in [9.17, 15) is 9.90 Å². The molecule has 2 rings (SSSR count). The predicted molar refractivity (Wildman–Crippen MR) is 112 cm³/mol. The number of aliphatic hydroxyl groups is 1. The second-order valence-electron chi connectivity index (χ2n) is 7.63. The van der Waals surface area contributed by atoms with Crippen LogP contribution in [0, 0.1) is 0 Å². The van der Waals surface area contributed by atoms with E-state index < -0.39 is 20.4 Å². The van der Waals surface area contributed by atoms with Gasteiger partial charge in [0.25, 0.3) is 8.32 Å². The minimum Gasteiger partial charge on any atom is -0.467 e. The molecule has 0 radical (unpaired) electrons. The molecule has 0 fully saturated rings. The number of ether oxygens (including phenoxy) is 2. The molecule has 0 amide bonds. The van der Waals surface area contributed by atoms with Crippen LogP contribution in [-0.2, 0) is 18.7 Å². The van der Waals surface area contributed by atoms with Gasteiger partial charge in [0.15, 0.2) is 6.10 Å². The van der Waals surface area contributed by atoms with E-state index in [0.717, 1.165) is 0 Å². The SMILES string of the molecule is COC(=O)C(O)COCCO[Si](c1ccccc1)(c1ccccc1)C(C)(C)C. The van der Waals surface area contributed by atoms with Crippen LogP contribution in [0.4, 0.5) is 0 Å². The smallest absolute Gasteiger partial charge is 0.337 e. The van der Waals surface area contributed by atoms with Crippen molar-refractivity contribution in [3.05, 3.63) is 60.7 Å². The summed E-state index contributed by atoms with van der Waals surface area (Å²) >= 11 is 0. The molecule has 152 valence electrons. The summed E-state index contributed by atoms with van der Waals surface area (Å²) < 4.78 is 16.6. The zero-order valence-corrected chi connectivity index (χ0v) is 18.1. The number of carbonyl (C=O) groups excluding carboxylic acids is 1. The van der Waals surface area contributed by atoms with E-state index in [1.807, 2.05) is 36.4 Å². The molecular formula is C22H30O5Si. The number of rotatable bonds is 9. The standard InChI is InChI=1S/C22H30O5Si/c1-22(2,3)28(18-11-7-5-8-12-18,19-13-9-6-10-14-19)27-16-15-26-17-20(23)21(24)25-4/h5-14,20,23H,15-17H2,1-4H3. The Bertz CT molecular complexity index is 688. The van der Waals surface area contributed by atoms with Gasteiger partial charge in [-0.2, -0.15) is 0 Å². The Morgan fingerprint density at radius 3 is 1.89 bits per heavy atom. The maximum absolute atomic E-state index is 11.3. The van der Waals surface area contributed by atoms with E-state index in [1.54, 1.807) is 0 Å². The first-order chi connectivity index (χ1) is 13.3. The van der Waals surface area contributed by atoms with Crippen molar-refractivity contribution < 1.29 is 23.8 Å². The van der Waals surface area contributed by atoms with E-state index in [0.29, 0.717) is 6.61 Å². The summed E-state index contributed by atoms with van der Waals surface area (Å²) in [6, 6.07) is 20.7.